The number of esters is 1. The number of benzene rings is 2. The Kier molecular flexibility index (Phi) is 5.39. The number of ether oxygens (including phenoxy) is 3. The number of carbonyl (C=O) groups is 2. The van der Waals surface area contributed by atoms with Crippen LogP contribution in [0.5, 0.6) is 11.5 Å². The molecule has 0 spiro atoms. The first-order valence-corrected chi connectivity index (χ1v) is 10.8. The van der Waals surface area contributed by atoms with E-state index in [0.717, 1.165) is 47.0 Å². The highest BCUT2D eigenvalue weighted by atomic mass is 16.7. The second kappa shape index (κ2) is 8.49. The van der Waals surface area contributed by atoms with E-state index in [0.29, 0.717) is 29.5 Å². The largest absolute Gasteiger partial charge is 0.454 e. The molecule has 1 aliphatic carbocycles. The number of hydrogen-bond donors (Lipinski definition) is 1. The van der Waals surface area contributed by atoms with Crippen molar-refractivity contribution < 1.29 is 23.8 Å². The van der Waals surface area contributed by atoms with Gasteiger partial charge in [0.25, 0.3) is 5.91 Å². The molecular formula is C25H24N2O5. The van der Waals surface area contributed by atoms with Crippen LogP contribution in [0.4, 0.5) is 0 Å². The van der Waals surface area contributed by atoms with Crippen LogP contribution in [-0.4, -0.2) is 30.3 Å². The third-order valence-corrected chi connectivity index (χ3v) is 5.97. The summed E-state index contributed by atoms with van der Waals surface area (Å²) in [6.45, 7) is 2.34. The van der Waals surface area contributed by atoms with Crippen molar-refractivity contribution in [3.8, 4) is 11.5 Å². The number of carbonyl (C=O) groups excluding carboxylic acids is 2. The van der Waals surface area contributed by atoms with E-state index in [2.05, 4.69) is 12.2 Å². The Morgan fingerprint density at radius 3 is 2.91 bits per heavy atom. The molecule has 0 unspecified atom stereocenters. The molecule has 3 aromatic rings. The van der Waals surface area contributed by atoms with Crippen molar-refractivity contribution in [3.05, 3.63) is 64.8 Å². The number of nitrogens with one attached hydrogen (secondary N) is 1. The summed E-state index contributed by atoms with van der Waals surface area (Å²) < 4.78 is 16.1. The predicted octanol–water partition coefficient (Wildman–Crippen LogP) is 3.56. The summed E-state index contributed by atoms with van der Waals surface area (Å²) in [6, 6.07) is 13.1. The number of para-hydroxylation sites is 1. The van der Waals surface area contributed by atoms with E-state index in [1.54, 1.807) is 0 Å². The van der Waals surface area contributed by atoms with Crippen LogP contribution < -0.4 is 14.8 Å². The molecule has 5 rings (SSSR count). The molecule has 7 heteroatoms. The Morgan fingerprint density at radius 1 is 1.16 bits per heavy atom. The normalized spacial score (nSPS) is 16.5. The molecule has 0 radical (unpaired) electrons. The van der Waals surface area contributed by atoms with Crippen molar-refractivity contribution in [2.75, 3.05) is 13.4 Å². The fourth-order valence-electron chi connectivity index (χ4n) is 4.30. The van der Waals surface area contributed by atoms with E-state index >= 15 is 0 Å². The topological polar surface area (TPSA) is 86.8 Å². The second-order valence-electron chi connectivity index (χ2n) is 8.32. The van der Waals surface area contributed by atoms with Gasteiger partial charge in [0.1, 0.15) is 0 Å². The molecule has 0 saturated heterocycles. The van der Waals surface area contributed by atoms with Crippen LogP contribution in [0.3, 0.4) is 0 Å². The number of nitrogens with zero attached hydrogens (tertiary/aromatic N) is 1. The first-order valence-electron chi connectivity index (χ1n) is 10.8. The average Bonchev–Trinajstić information content (AvgIpc) is 3.27. The molecule has 2 aliphatic rings. The Hall–Kier alpha value is -3.61. The van der Waals surface area contributed by atoms with Crippen molar-refractivity contribution in [1.29, 1.82) is 0 Å². The summed E-state index contributed by atoms with van der Waals surface area (Å²) in [5.74, 6) is 0.980. The first kappa shape index (κ1) is 20.3. The Morgan fingerprint density at radius 2 is 2.00 bits per heavy atom. The lowest BCUT2D eigenvalue weighted by atomic mass is 9.84. The van der Waals surface area contributed by atoms with Gasteiger partial charge in [-0.2, -0.15) is 0 Å². The van der Waals surface area contributed by atoms with Gasteiger partial charge in [-0.15, -0.1) is 0 Å². The van der Waals surface area contributed by atoms with E-state index in [4.69, 9.17) is 19.2 Å². The number of amides is 1. The number of aryl methyl sites for hydroxylation is 1. The molecule has 0 saturated carbocycles. The minimum Gasteiger partial charge on any atom is -0.454 e. The lowest BCUT2D eigenvalue weighted by molar-refractivity contribution is -0.124. The Bertz CT molecular complexity index is 1210. The third kappa shape index (κ3) is 3.98. The van der Waals surface area contributed by atoms with Gasteiger partial charge in [0.2, 0.25) is 6.79 Å². The maximum atomic E-state index is 13.1. The number of fused-ring (bicyclic) bond motifs is 3. The van der Waals surface area contributed by atoms with Crippen molar-refractivity contribution in [2.24, 2.45) is 5.92 Å². The summed E-state index contributed by atoms with van der Waals surface area (Å²) in [6.07, 6.45) is 2.68. The molecule has 1 amide bonds. The molecule has 0 bridgehead atoms. The molecule has 1 aromatic heterocycles. The number of rotatable bonds is 5. The molecule has 32 heavy (non-hydrogen) atoms. The second-order valence-corrected chi connectivity index (χ2v) is 8.32. The predicted molar refractivity (Wildman–Crippen MR) is 118 cm³/mol. The molecule has 1 N–H and O–H groups in total. The van der Waals surface area contributed by atoms with Crippen LogP contribution in [-0.2, 0) is 28.9 Å². The third-order valence-electron chi connectivity index (χ3n) is 5.97. The first-order chi connectivity index (χ1) is 15.6. The van der Waals surface area contributed by atoms with Crippen LogP contribution >= 0.6 is 0 Å². The molecule has 164 valence electrons. The van der Waals surface area contributed by atoms with Crippen LogP contribution in [0, 0.1) is 5.92 Å². The van der Waals surface area contributed by atoms with Gasteiger partial charge >= 0.3 is 5.97 Å². The van der Waals surface area contributed by atoms with Gasteiger partial charge in [0.05, 0.1) is 11.1 Å². The van der Waals surface area contributed by atoms with E-state index in [1.165, 1.54) is 0 Å². The zero-order valence-electron chi connectivity index (χ0n) is 17.8. The van der Waals surface area contributed by atoms with E-state index in [9.17, 15) is 9.59 Å². The number of hydrogen-bond acceptors (Lipinski definition) is 6. The summed E-state index contributed by atoms with van der Waals surface area (Å²) in [5.41, 5.74) is 4.10. The summed E-state index contributed by atoms with van der Waals surface area (Å²) in [5, 5.41) is 3.55. The molecule has 7 nitrogen and oxygen atoms in total. The summed E-state index contributed by atoms with van der Waals surface area (Å²) in [4.78, 5) is 30.2. The monoisotopic (exact) mass is 432 g/mol. The minimum atomic E-state index is -0.479. The molecule has 1 aliphatic heterocycles. The SMILES string of the molecule is C[C@@H]1CCc2nc3ccccc3c(C(=O)OCC(=O)NCc3ccc4c(c3)OCO4)c2C1. The lowest BCUT2D eigenvalue weighted by Gasteiger charge is -2.24. The van der Waals surface area contributed by atoms with Crippen LogP contribution in [0.25, 0.3) is 10.9 Å². The smallest absolute Gasteiger partial charge is 0.339 e. The van der Waals surface area contributed by atoms with Crippen molar-refractivity contribution >= 4 is 22.8 Å². The highest BCUT2D eigenvalue weighted by Gasteiger charge is 2.26. The fraction of sp³-hybridized carbons (Fsp3) is 0.320. The van der Waals surface area contributed by atoms with Crippen molar-refractivity contribution in [3.63, 3.8) is 0 Å². The molecular weight excluding hydrogens is 408 g/mol. The maximum Gasteiger partial charge on any atom is 0.339 e. The van der Waals surface area contributed by atoms with Gasteiger partial charge in [-0.3, -0.25) is 9.78 Å². The highest BCUT2D eigenvalue weighted by molar-refractivity contribution is 6.05. The van der Waals surface area contributed by atoms with Gasteiger partial charge in [0, 0.05) is 17.6 Å². The zero-order chi connectivity index (χ0) is 22.1. The standard InChI is InChI=1S/C25H24N2O5/c1-15-6-8-20-18(10-15)24(17-4-2-3-5-19(17)27-20)25(29)30-13-23(28)26-12-16-7-9-21-22(11-16)32-14-31-21/h2-5,7,9,11,15H,6,8,10,12-14H2,1H3,(H,26,28)/t15-/m1/s1. The van der Waals surface area contributed by atoms with Gasteiger partial charge in [-0.25, -0.2) is 4.79 Å². The zero-order valence-corrected chi connectivity index (χ0v) is 17.8. The summed E-state index contributed by atoms with van der Waals surface area (Å²) >= 11 is 0. The quantitative estimate of drug-likeness (QED) is 0.621. The number of aromatic nitrogens is 1. The van der Waals surface area contributed by atoms with Gasteiger partial charge < -0.3 is 19.5 Å². The van der Waals surface area contributed by atoms with Gasteiger partial charge in [-0.05, 0) is 54.5 Å². The van der Waals surface area contributed by atoms with E-state index in [-0.39, 0.29) is 19.3 Å². The van der Waals surface area contributed by atoms with Crippen LogP contribution in [0.15, 0.2) is 42.5 Å². The van der Waals surface area contributed by atoms with Crippen molar-refractivity contribution in [1.82, 2.24) is 10.3 Å². The highest BCUT2D eigenvalue weighted by Crippen LogP contribution is 2.33. The Balaban J connectivity index is 1.28. The summed E-state index contributed by atoms with van der Waals surface area (Å²) in [7, 11) is 0. The van der Waals surface area contributed by atoms with Gasteiger partial charge in [-0.1, -0.05) is 31.2 Å². The molecule has 0 fully saturated rings. The van der Waals surface area contributed by atoms with Gasteiger partial charge in [0.15, 0.2) is 18.1 Å². The van der Waals surface area contributed by atoms with E-state index < -0.39 is 5.97 Å². The maximum absolute atomic E-state index is 13.1. The average molecular weight is 432 g/mol. The Labute approximate surface area is 185 Å². The minimum absolute atomic E-state index is 0.202. The van der Waals surface area contributed by atoms with Crippen molar-refractivity contribution in [2.45, 2.75) is 32.7 Å². The van der Waals surface area contributed by atoms with Crippen LogP contribution in [0.1, 0.15) is 40.5 Å². The lowest BCUT2D eigenvalue weighted by Crippen LogP contribution is -2.29. The fourth-order valence-corrected chi connectivity index (χ4v) is 4.30. The number of pyridine rings is 1. The van der Waals surface area contributed by atoms with Crippen LogP contribution in [0.2, 0.25) is 0 Å². The molecule has 2 aromatic carbocycles. The van der Waals surface area contributed by atoms with E-state index in [1.807, 2.05) is 42.5 Å². The molecule has 1 atom stereocenters. The molecule has 2 heterocycles.